The summed E-state index contributed by atoms with van der Waals surface area (Å²) in [5.74, 6) is 0.413. The fraction of sp³-hybridized carbons (Fsp3) is 0.857. The van der Waals surface area contributed by atoms with Gasteiger partial charge in [0.25, 0.3) is 0 Å². The van der Waals surface area contributed by atoms with Gasteiger partial charge in [-0.1, -0.05) is 0 Å². The number of ether oxygens (including phenoxy) is 1. The normalized spacial score (nSPS) is 28.6. The van der Waals surface area contributed by atoms with Gasteiger partial charge in [-0.15, -0.1) is 0 Å². The van der Waals surface area contributed by atoms with E-state index in [1.165, 1.54) is 0 Å². The first-order valence-corrected chi connectivity index (χ1v) is 7.11. The summed E-state index contributed by atoms with van der Waals surface area (Å²) in [6.07, 6.45) is 1.93. The van der Waals surface area contributed by atoms with Gasteiger partial charge in [-0.2, -0.15) is 0 Å². The fourth-order valence-electron chi connectivity index (χ4n) is 2.81. The van der Waals surface area contributed by atoms with Crippen molar-refractivity contribution in [2.45, 2.75) is 51.7 Å². The second-order valence-electron chi connectivity index (χ2n) is 6.43. The molecule has 108 valence electrons. The highest BCUT2D eigenvalue weighted by Gasteiger charge is 2.35. The predicted octanol–water partition coefficient (Wildman–Crippen LogP) is 1.56. The van der Waals surface area contributed by atoms with Crippen molar-refractivity contribution in [2.75, 3.05) is 19.6 Å². The predicted molar refractivity (Wildman–Crippen MR) is 71.9 cm³/mol. The largest absolute Gasteiger partial charge is 0.444 e. The number of carbonyl (C=O) groups is 2. The fourth-order valence-corrected chi connectivity index (χ4v) is 2.81. The molecule has 1 N–H and O–H groups in total. The highest BCUT2D eigenvalue weighted by molar-refractivity contribution is 5.83. The van der Waals surface area contributed by atoms with Crippen molar-refractivity contribution in [3.63, 3.8) is 0 Å². The molecule has 0 aliphatic carbocycles. The highest BCUT2D eigenvalue weighted by atomic mass is 16.6. The second-order valence-corrected chi connectivity index (χ2v) is 6.43. The average Bonchev–Trinajstić information content (AvgIpc) is 2.50. The Bertz CT molecular complexity index is 362. The van der Waals surface area contributed by atoms with E-state index in [-0.39, 0.29) is 18.1 Å². The summed E-state index contributed by atoms with van der Waals surface area (Å²) >= 11 is 0. The zero-order valence-electron chi connectivity index (χ0n) is 12.1. The van der Waals surface area contributed by atoms with Crippen molar-refractivity contribution >= 4 is 11.9 Å². The maximum absolute atomic E-state index is 12.1. The van der Waals surface area contributed by atoms with Crippen LogP contribution in [0.25, 0.3) is 0 Å². The smallest absolute Gasteiger partial charge is 0.410 e. The lowest BCUT2D eigenvalue weighted by Gasteiger charge is -2.29. The van der Waals surface area contributed by atoms with Crippen LogP contribution in [0.4, 0.5) is 4.79 Å². The molecular formula is C14H24N2O3. The van der Waals surface area contributed by atoms with Crippen molar-refractivity contribution in [1.29, 1.82) is 0 Å². The van der Waals surface area contributed by atoms with Crippen molar-refractivity contribution in [3.8, 4) is 0 Å². The van der Waals surface area contributed by atoms with Crippen LogP contribution in [0.15, 0.2) is 0 Å². The standard InChI is InChI=1S/C14H24N2O3/c1-14(2,3)19-13(18)16-8-5-10-11(6-9-16)15-7-4-12(10)17/h10-11,15H,4-9H2,1-3H3. The lowest BCUT2D eigenvalue weighted by Crippen LogP contribution is -2.46. The van der Waals surface area contributed by atoms with Crippen molar-refractivity contribution < 1.29 is 14.3 Å². The molecule has 5 nitrogen and oxygen atoms in total. The van der Waals surface area contributed by atoms with Crippen molar-refractivity contribution in [2.24, 2.45) is 5.92 Å². The minimum Gasteiger partial charge on any atom is -0.444 e. The van der Waals surface area contributed by atoms with Gasteiger partial charge in [-0.05, 0) is 33.6 Å². The molecular weight excluding hydrogens is 244 g/mol. The van der Waals surface area contributed by atoms with Crippen LogP contribution in [-0.4, -0.2) is 48.1 Å². The number of hydrogen-bond donors (Lipinski definition) is 1. The van der Waals surface area contributed by atoms with E-state index in [1.807, 2.05) is 20.8 Å². The van der Waals surface area contributed by atoms with Crippen LogP contribution in [0.2, 0.25) is 0 Å². The van der Waals surface area contributed by atoms with Gasteiger partial charge >= 0.3 is 6.09 Å². The number of nitrogens with one attached hydrogen (secondary N) is 1. The summed E-state index contributed by atoms with van der Waals surface area (Å²) in [5, 5.41) is 3.40. The maximum Gasteiger partial charge on any atom is 0.410 e. The quantitative estimate of drug-likeness (QED) is 0.724. The molecule has 0 saturated carbocycles. The number of carbonyl (C=O) groups excluding carboxylic acids is 2. The third kappa shape index (κ3) is 3.69. The van der Waals surface area contributed by atoms with E-state index < -0.39 is 5.60 Å². The van der Waals surface area contributed by atoms with E-state index in [2.05, 4.69) is 5.32 Å². The number of nitrogens with zero attached hydrogens (tertiary/aromatic N) is 1. The molecule has 5 heteroatoms. The first-order valence-electron chi connectivity index (χ1n) is 7.11. The number of ketones is 1. The van der Waals surface area contributed by atoms with Gasteiger partial charge in [-0.25, -0.2) is 4.79 Å². The molecule has 0 spiro atoms. The lowest BCUT2D eigenvalue weighted by atomic mass is 9.86. The molecule has 2 aliphatic rings. The molecule has 0 aromatic heterocycles. The van der Waals surface area contributed by atoms with Crippen LogP contribution in [0.5, 0.6) is 0 Å². The first kappa shape index (κ1) is 14.3. The van der Waals surface area contributed by atoms with Crippen LogP contribution >= 0.6 is 0 Å². The summed E-state index contributed by atoms with van der Waals surface area (Å²) in [5.41, 5.74) is -0.468. The van der Waals surface area contributed by atoms with E-state index in [9.17, 15) is 9.59 Å². The van der Waals surface area contributed by atoms with Gasteiger partial charge < -0.3 is 15.0 Å². The first-order chi connectivity index (χ1) is 8.87. The van der Waals surface area contributed by atoms with Crippen LogP contribution in [-0.2, 0) is 9.53 Å². The number of piperidine rings is 1. The Morgan fingerprint density at radius 3 is 2.68 bits per heavy atom. The van der Waals surface area contributed by atoms with Crippen LogP contribution in [0.3, 0.4) is 0 Å². The Hall–Kier alpha value is -1.10. The zero-order valence-corrected chi connectivity index (χ0v) is 12.1. The van der Waals surface area contributed by atoms with Gasteiger partial charge in [0.2, 0.25) is 0 Å². The SMILES string of the molecule is CC(C)(C)OC(=O)N1CCC2NCCC(=O)C2CC1. The van der Waals surface area contributed by atoms with E-state index in [0.717, 1.165) is 19.4 Å². The van der Waals surface area contributed by atoms with E-state index in [0.29, 0.717) is 25.3 Å². The molecule has 2 heterocycles. The van der Waals surface area contributed by atoms with Gasteiger partial charge in [-0.3, -0.25) is 4.79 Å². The van der Waals surface area contributed by atoms with E-state index in [4.69, 9.17) is 4.74 Å². The monoisotopic (exact) mass is 268 g/mol. The maximum atomic E-state index is 12.1. The Labute approximate surface area is 114 Å². The number of amides is 1. The van der Waals surface area contributed by atoms with Gasteiger partial charge in [0, 0.05) is 38.0 Å². The molecule has 0 aromatic carbocycles. The lowest BCUT2D eigenvalue weighted by molar-refractivity contribution is -0.125. The second kappa shape index (κ2) is 5.49. The number of likely N-dealkylation sites (tertiary alicyclic amines) is 1. The van der Waals surface area contributed by atoms with Crippen LogP contribution in [0, 0.1) is 5.92 Å². The summed E-state index contributed by atoms with van der Waals surface area (Å²) in [7, 11) is 0. The number of hydrogen-bond acceptors (Lipinski definition) is 4. The molecule has 2 atom stereocenters. The third-order valence-corrected chi connectivity index (χ3v) is 3.75. The van der Waals surface area contributed by atoms with Crippen LogP contribution < -0.4 is 5.32 Å². The minimum atomic E-state index is -0.468. The Kier molecular flexibility index (Phi) is 4.13. The summed E-state index contributed by atoms with van der Waals surface area (Å²) in [4.78, 5) is 25.7. The minimum absolute atomic E-state index is 0.0705. The van der Waals surface area contributed by atoms with E-state index >= 15 is 0 Å². The number of fused-ring (bicyclic) bond motifs is 1. The number of rotatable bonds is 0. The molecule has 0 radical (unpaired) electrons. The van der Waals surface area contributed by atoms with Gasteiger partial charge in [0.05, 0.1) is 0 Å². The molecule has 0 bridgehead atoms. The summed E-state index contributed by atoms with van der Waals surface area (Å²) < 4.78 is 5.39. The Morgan fingerprint density at radius 1 is 1.32 bits per heavy atom. The van der Waals surface area contributed by atoms with Crippen LogP contribution in [0.1, 0.15) is 40.0 Å². The van der Waals surface area contributed by atoms with Crippen molar-refractivity contribution in [3.05, 3.63) is 0 Å². The average molecular weight is 268 g/mol. The number of Topliss-reactive ketones (excluding diaryl/α,β-unsaturated/α-hetero) is 1. The summed E-state index contributed by atoms with van der Waals surface area (Å²) in [6.45, 7) is 7.65. The molecule has 1 amide bonds. The van der Waals surface area contributed by atoms with Crippen molar-refractivity contribution in [1.82, 2.24) is 10.2 Å². The third-order valence-electron chi connectivity index (χ3n) is 3.75. The van der Waals surface area contributed by atoms with Gasteiger partial charge in [0.15, 0.2) is 0 Å². The molecule has 2 saturated heterocycles. The zero-order chi connectivity index (χ0) is 14.0. The Balaban J connectivity index is 1.96. The highest BCUT2D eigenvalue weighted by Crippen LogP contribution is 2.24. The van der Waals surface area contributed by atoms with E-state index in [1.54, 1.807) is 4.90 Å². The van der Waals surface area contributed by atoms with Gasteiger partial charge in [0.1, 0.15) is 11.4 Å². The molecule has 2 rings (SSSR count). The molecule has 0 aromatic rings. The topological polar surface area (TPSA) is 58.6 Å². The molecule has 2 aliphatic heterocycles. The molecule has 19 heavy (non-hydrogen) atoms. The molecule has 2 fully saturated rings. The Morgan fingerprint density at radius 2 is 2.00 bits per heavy atom. The molecule has 2 unspecified atom stereocenters. The summed E-state index contributed by atoms with van der Waals surface area (Å²) in [6, 6.07) is 0.230.